The van der Waals surface area contributed by atoms with Gasteiger partial charge in [0.2, 0.25) is 5.91 Å². The number of anilines is 1. The molecular weight excluding hydrogens is 331 g/mol. The second-order valence-electron chi connectivity index (χ2n) is 3.84. The third-order valence-corrected chi connectivity index (χ3v) is 3.28. The van der Waals surface area contributed by atoms with Crippen LogP contribution in [0.5, 0.6) is 0 Å². The SMILES string of the molecule is NC1C(=O)Nc2cc(-n3cc(I)cn3)ccc21. The van der Waals surface area contributed by atoms with E-state index in [0.29, 0.717) is 0 Å². The highest BCUT2D eigenvalue weighted by Gasteiger charge is 2.27. The quantitative estimate of drug-likeness (QED) is 0.772. The lowest BCUT2D eigenvalue weighted by molar-refractivity contribution is -0.116. The number of aromatic nitrogens is 2. The maximum atomic E-state index is 11.4. The van der Waals surface area contributed by atoms with Gasteiger partial charge in [-0.1, -0.05) is 6.07 Å². The van der Waals surface area contributed by atoms with Crippen LogP contribution in [0.25, 0.3) is 5.69 Å². The number of rotatable bonds is 1. The fourth-order valence-corrected chi connectivity index (χ4v) is 2.25. The summed E-state index contributed by atoms with van der Waals surface area (Å²) < 4.78 is 2.82. The van der Waals surface area contributed by atoms with Crippen molar-refractivity contribution in [3.05, 3.63) is 39.7 Å². The molecule has 1 unspecified atom stereocenters. The van der Waals surface area contributed by atoms with Gasteiger partial charge in [0.1, 0.15) is 6.04 Å². The van der Waals surface area contributed by atoms with Gasteiger partial charge in [0.15, 0.2) is 0 Å². The Labute approximate surface area is 111 Å². The molecule has 1 atom stereocenters. The molecule has 5 nitrogen and oxygen atoms in total. The van der Waals surface area contributed by atoms with Crippen LogP contribution in [0, 0.1) is 3.57 Å². The smallest absolute Gasteiger partial charge is 0.245 e. The number of fused-ring (bicyclic) bond motifs is 1. The average molecular weight is 340 g/mol. The first kappa shape index (κ1) is 10.7. The van der Waals surface area contributed by atoms with E-state index in [1.807, 2.05) is 24.4 Å². The lowest BCUT2D eigenvalue weighted by Crippen LogP contribution is -2.19. The van der Waals surface area contributed by atoms with Crippen molar-refractivity contribution in [2.75, 3.05) is 5.32 Å². The van der Waals surface area contributed by atoms with Crippen molar-refractivity contribution >= 4 is 34.2 Å². The van der Waals surface area contributed by atoms with Crippen LogP contribution < -0.4 is 11.1 Å². The summed E-state index contributed by atoms with van der Waals surface area (Å²) in [5.74, 6) is -0.160. The molecule has 0 radical (unpaired) electrons. The van der Waals surface area contributed by atoms with Crippen molar-refractivity contribution in [1.29, 1.82) is 0 Å². The lowest BCUT2D eigenvalue weighted by atomic mass is 10.1. The number of hydrogen-bond acceptors (Lipinski definition) is 3. The predicted molar refractivity (Wildman–Crippen MR) is 71.8 cm³/mol. The van der Waals surface area contributed by atoms with Crippen molar-refractivity contribution in [3.63, 3.8) is 0 Å². The molecule has 86 valence electrons. The molecule has 1 aliphatic heterocycles. The van der Waals surface area contributed by atoms with E-state index >= 15 is 0 Å². The number of nitrogens with two attached hydrogens (primary N) is 1. The first-order valence-corrected chi connectivity index (χ1v) is 6.14. The van der Waals surface area contributed by atoms with Crippen molar-refractivity contribution in [1.82, 2.24) is 9.78 Å². The predicted octanol–water partition coefficient (Wildman–Crippen LogP) is 1.43. The van der Waals surface area contributed by atoms with Crippen LogP contribution in [-0.2, 0) is 4.79 Å². The summed E-state index contributed by atoms with van der Waals surface area (Å²) in [5.41, 5.74) is 8.25. The van der Waals surface area contributed by atoms with Gasteiger partial charge in [-0.05, 0) is 34.7 Å². The third-order valence-electron chi connectivity index (χ3n) is 2.73. The number of nitrogens with one attached hydrogen (secondary N) is 1. The molecule has 2 aromatic rings. The Kier molecular flexibility index (Phi) is 2.40. The largest absolute Gasteiger partial charge is 0.324 e. The van der Waals surface area contributed by atoms with Gasteiger partial charge >= 0.3 is 0 Å². The summed E-state index contributed by atoms with van der Waals surface area (Å²) in [7, 11) is 0. The fourth-order valence-electron chi connectivity index (χ4n) is 1.86. The second kappa shape index (κ2) is 3.81. The molecule has 0 bridgehead atoms. The van der Waals surface area contributed by atoms with Gasteiger partial charge in [-0.25, -0.2) is 4.68 Å². The van der Waals surface area contributed by atoms with Crippen molar-refractivity contribution < 1.29 is 4.79 Å². The van der Waals surface area contributed by atoms with Crippen LogP contribution in [0.3, 0.4) is 0 Å². The minimum atomic E-state index is -0.559. The molecule has 1 amide bonds. The third kappa shape index (κ3) is 1.73. The number of carbonyl (C=O) groups is 1. The first-order valence-electron chi connectivity index (χ1n) is 5.06. The van der Waals surface area contributed by atoms with E-state index in [9.17, 15) is 4.79 Å². The Balaban J connectivity index is 2.06. The van der Waals surface area contributed by atoms with E-state index in [1.54, 1.807) is 10.9 Å². The summed E-state index contributed by atoms with van der Waals surface area (Å²) in [6.07, 6.45) is 3.69. The van der Waals surface area contributed by atoms with Crippen molar-refractivity contribution in [2.24, 2.45) is 5.73 Å². The lowest BCUT2D eigenvalue weighted by Gasteiger charge is -2.05. The highest BCUT2D eigenvalue weighted by atomic mass is 127. The van der Waals surface area contributed by atoms with Gasteiger partial charge in [0, 0.05) is 17.4 Å². The summed E-state index contributed by atoms with van der Waals surface area (Å²) in [6, 6.07) is 5.09. The van der Waals surface area contributed by atoms with E-state index in [2.05, 4.69) is 33.0 Å². The minimum Gasteiger partial charge on any atom is -0.324 e. The van der Waals surface area contributed by atoms with Crippen LogP contribution in [0.2, 0.25) is 0 Å². The Bertz CT molecular complexity index is 607. The number of nitrogens with zero attached hydrogens (tertiary/aromatic N) is 2. The number of hydrogen-bond donors (Lipinski definition) is 2. The molecule has 17 heavy (non-hydrogen) atoms. The number of benzene rings is 1. The summed E-state index contributed by atoms with van der Waals surface area (Å²) >= 11 is 2.20. The van der Waals surface area contributed by atoms with Crippen LogP contribution >= 0.6 is 22.6 Å². The topological polar surface area (TPSA) is 72.9 Å². The van der Waals surface area contributed by atoms with E-state index < -0.39 is 6.04 Å². The van der Waals surface area contributed by atoms with Crippen LogP contribution in [0.1, 0.15) is 11.6 Å². The van der Waals surface area contributed by atoms with Crippen LogP contribution in [0.15, 0.2) is 30.6 Å². The minimum absolute atomic E-state index is 0.160. The number of halogens is 1. The standard InChI is InChI=1S/C11H9IN4O/c12-6-4-14-16(5-6)7-1-2-8-9(3-7)15-11(17)10(8)13/h1-5,10H,13H2,(H,15,17). The summed E-state index contributed by atoms with van der Waals surface area (Å²) in [5, 5.41) is 6.97. The zero-order chi connectivity index (χ0) is 12.0. The van der Waals surface area contributed by atoms with Crippen molar-refractivity contribution in [3.8, 4) is 5.69 Å². The zero-order valence-corrected chi connectivity index (χ0v) is 10.9. The molecule has 6 heteroatoms. The normalized spacial score (nSPS) is 18.0. The van der Waals surface area contributed by atoms with Gasteiger partial charge in [-0.2, -0.15) is 5.10 Å². The number of amides is 1. The van der Waals surface area contributed by atoms with Gasteiger partial charge in [-0.15, -0.1) is 0 Å². The Morgan fingerprint density at radius 3 is 3.00 bits per heavy atom. The van der Waals surface area contributed by atoms with Crippen LogP contribution in [-0.4, -0.2) is 15.7 Å². The van der Waals surface area contributed by atoms with Gasteiger partial charge in [-0.3, -0.25) is 4.79 Å². The molecule has 0 spiro atoms. The molecule has 0 saturated heterocycles. The molecule has 3 rings (SSSR count). The Morgan fingerprint density at radius 1 is 1.47 bits per heavy atom. The molecule has 0 saturated carbocycles. The molecule has 1 aromatic carbocycles. The molecule has 0 aliphatic carbocycles. The monoisotopic (exact) mass is 340 g/mol. The van der Waals surface area contributed by atoms with Gasteiger partial charge in [0.25, 0.3) is 0 Å². The van der Waals surface area contributed by atoms with Crippen LogP contribution in [0.4, 0.5) is 5.69 Å². The molecule has 1 aromatic heterocycles. The molecule has 0 fully saturated rings. The molecule has 1 aliphatic rings. The molecule has 3 N–H and O–H groups in total. The fraction of sp³-hybridized carbons (Fsp3) is 0.0909. The van der Waals surface area contributed by atoms with Crippen molar-refractivity contribution in [2.45, 2.75) is 6.04 Å². The average Bonchev–Trinajstić information content (AvgIpc) is 2.85. The Morgan fingerprint density at radius 2 is 2.29 bits per heavy atom. The van der Waals surface area contributed by atoms with E-state index in [1.165, 1.54) is 0 Å². The van der Waals surface area contributed by atoms with E-state index in [0.717, 1.165) is 20.5 Å². The van der Waals surface area contributed by atoms with Gasteiger partial charge in [0.05, 0.1) is 15.5 Å². The number of carbonyl (C=O) groups excluding carboxylic acids is 1. The highest BCUT2D eigenvalue weighted by molar-refractivity contribution is 14.1. The zero-order valence-electron chi connectivity index (χ0n) is 8.72. The molecular formula is C11H9IN4O. The maximum Gasteiger partial charge on any atom is 0.245 e. The highest BCUT2D eigenvalue weighted by Crippen LogP contribution is 2.30. The second-order valence-corrected chi connectivity index (χ2v) is 5.09. The maximum absolute atomic E-state index is 11.4. The Hall–Kier alpha value is -1.41. The summed E-state index contributed by atoms with van der Waals surface area (Å²) in [6.45, 7) is 0. The van der Waals surface area contributed by atoms with E-state index in [-0.39, 0.29) is 5.91 Å². The summed E-state index contributed by atoms with van der Waals surface area (Å²) in [4.78, 5) is 11.4. The van der Waals surface area contributed by atoms with E-state index in [4.69, 9.17) is 5.73 Å². The molecule has 2 heterocycles. The first-order chi connectivity index (χ1) is 8.15. The van der Waals surface area contributed by atoms with Gasteiger partial charge < -0.3 is 11.1 Å².